The first-order valence-electron chi connectivity index (χ1n) is 6.57. The van der Waals surface area contributed by atoms with Gasteiger partial charge < -0.3 is 15.3 Å². The topological polar surface area (TPSA) is 86.7 Å². The molecule has 0 saturated carbocycles. The van der Waals surface area contributed by atoms with Crippen molar-refractivity contribution < 1.29 is 18.9 Å². The third-order valence-corrected chi connectivity index (χ3v) is 4.02. The Hall–Kier alpha value is -1.11. The zero-order chi connectivity index (χ0) is 14.3. The van der Waals surface area contributed by atoms with Gasteiger partial charge in [-0.25, -0.2) is 4.79 Å². The SMILES string of the molecule is CS(=O)CCNC(=O)N1CCCCC1CCC(=O)O. The summed E-state index contributed by atoms with van der Waals surface area (Å²) in [5, 5.41) is 11.5. The first-order valence-corrected chi connectivity index (χ1v) is 8.29. The van der Waals surface area contributed by atoms with Gasteiger partial charge in [-0.2, -0.15) is 0 Å². The Morgan fingerprint density at radius 3 is 2.79 bits per heavy atom. The summed E-state index contributed by atoms with van der Waals surface area (Å²) in [5.41, 5.74) is 0. The van der Waals surface area contributed by atoms with E-state index in [1.54, 1.807) is 11.2 Å². The fourth-order valence-electron chi connectivity index (χ4n) is 2.26. The second kappa shape index (κ2) is 8.14. The van der Waals surface area contributed by atoms with Crippen molar-refractivity contribution in [3.8, 4) is 0 Å². The molecule has 0 aromatic heterocycles. The normalized spacial score (nSPS) is 20.9. The quantitative estimate of drug-likeness (QED) is 0.757. The highest BCUT2D eigenvalue weighted by Crippen LogP contribution is 2.20. The van der Waals surface area contributed by atoms with E-state index < -0.39 is 16.8 Å². The molecule has 2 atom stereocenters. The van der Waals surface area contributed by atoms with Crippen LogP contribution < -0.4 is 5.32 Å². The van der Waals surface area contributed by atoms with E-state index in [2.05, 4.69) is 5.32 Å². The molecule has 1 aliphatic rings. The number of carboxylic acids is 1. The summed E-state index contributed by atoms with van der Waals surface area (Å²) in [5.74, 6) is -0.383. The lowest BCUT2D eigenvalue weighted by molar-refractivity contribution is -0.137. The molecular weight excluding hydrogens is 268 g/mol. The number of aliphatic carboxylic acids is 1. The van der Waals surface area contributed by atoms with Crippen molar-refractivity contribution in [1.29, 1.82) is 0 Å². The Bertz CT molecular complexity index is 349. The van der Waals surface area contributed by atoms with E-state index in [1.165, 1.54) is 0 Å². The highest BCUT2D eigenvalue weighted by Gasteiger charge is 2.26. The minimum atomic E-state index is -0.916. The molecule has 1 heterocycles. The molecule has 1 rings (SSSR count). The van der Waals surface area contributed by atoms with Crippen LogP contribution in [0.2, 0.25) is 0 Å². The van der Waals surface area contributed by atoms with Crippen molar-refractivity contribution in [2.24, 2.45) is 0 Å². The molecule has 19 heavy (non-hydrogen) atoms. The fourth-order valence-corrected chi connectivity index (χ4v) is 2.65. The number of urea groups is 1. The minimum absolute atomic E-state index is 0.0111. The molecule has 0 aromatic carbocycles. The van der Waals surface area contributed by atoms with Crippen LogP contribution in [0.15, 0.2) is 0 Å². The summed E-state index contributed by atoms with van der Waals surface area (Å²) in [6, 6.07) is -0.155. The highest BCUT2D eigenvalue weighted by atomic mass is 32.2. The number of nitrogens with one attached hydrogen (secondary N) is 1. The fraction of sp³-hybridized carbons (Fsp3) is 0.833. The molecule has 2 N–H and O–H groups in total. The van der Waals surface area contributed by atoms with Crippen LogP contribution >= 0.6 is 0 Å². The monoisotopic (exact) mass is 290 g/mol. The van der Waals surface area contributed by atoms with Crippen LogP contribution in [0.5, 0.6) is 0 Å². The van der Waals surface area contributed by atoms with Crippen LogP contribution in [0.3, 0.4) is 0 Å². The zero-order valence-corrected chi connectivity index (χ0v) is 12.1. The molecule has 110 valence electrons. The standard InChI is InChI=1S/C12H22N2O4S/c1-19(18)9-7-13-12(17)14-8-3-2-4-10(14)5-6-11(15)16/h10H,2-9H2,1H3,(H,13,17)(H,15,16). The lowest BCUT2D eigenvalue weighted by atomic mass is 9.98. The van der Waals surface area contributed by atoms with Crippen LogP contribution in [-0.4, -0.2) is 57.4 Å². The van der Waals surface area contributed by atoms with E-state index in [4.69, 9.17) is 5.11 Å². The predicted octanol–water partition coefficient (Wildman–Crippen LogP) is 0.794. The zero-order valence-electron chi connectivity index (χ0n) is 11.3. The number of likely N-dealkylation sites (tertiary alicyclic amines) is 1. The molecule has 6 nitrogen and oxygen atoms in total. The van der Waals surface area contributed by atoms with Gasteiger partial charge in [0.15, 0.2) is 0 Å². The van der Waals surface area contributed by atoms with Gasteiger partial charge >= 0.3 is 12.0 Å². The van der Waals surface area contributed by atoms with Crippen LogP contribution in [0.25, 0.3) is 0 Å². The van der Waals surface area contributed by atoms with E-state index in [0.29, 0.717) is 25.3 Å². The first kappa shape index (κ1) is 15.9. The lowest BCUT2D eigenvalue weighted by Crippen LogP contribution is -2.49. The Labute approximate surface area is 116 Å². The van der Waals surface area contributed by atoms with Crippen molar-refractivity contribution >= 4 is 22.8 Å². The second-order valence-electron chi connectivity index (χ2n) is 4.78. The molecule has 0 bridgehead atoms. The van der Waals surface area contributed by atoms with Gasteiger partial charge in [-0.3, -0.25) is 9.00 Å². The maximum atomic E-state index is 12.0. The predicted molar refractivity (Wildman–Crippen MR) is 73.5 cm³/mol. The van der Waals surface area contributed by atoms with E-state index in [0.717, 1.165) is 19.3 Å². The summed E-state index contributed by atoms with van der Waals surface area (Å²) in [6.45, 7) is 1.06. The van der Waals surface area contributed by atoms with E-state index in [1.807, 2.05) is 0 Å². The molecule has 2 unspecified atom stereocenters. The molecular formula is C12H22N2O4S. The van der Waals surface area contributed by atoms with Gasteiger partial charge in [-0.1, -0.05) is 0 Å². The number of carbonyl (C=O) groups is 2. The third-order valence-electron chi connectivity index (χ3n) is 3.25. The summed E-state index contributed by atoms with van der Waals surface area (Å²) in [4.78, 5) is 24.3. The molecule has 1 saturated heterocycles. The van der Waals surface area contributed by atoms with E-state index >= 15 is 0 Å². The Kier molecular flexibility index (Phi) is 6.83. The van der Waals surface area contributed by atoms with Gasteiger partial charge in [0.05, 0.1) is 0 Å². The highest BCUT2D eigenvalue weighted by molar-refractivity contribution is 7.84. The molecule has 1 aliphatic heterocycles. The summed E-state index contributed by atoms with van der Waals surface area (Å²) in [6.07, 6.45) is 5.04. The number of carbonyl (C=O) groups excluding carboxylic acids is 1. The number of carboxylic acid groups (broad SMARTS) is 1. The van der Waals surface area contributed by atoms with Gasteiger partial charge in [-0.05, 0) is 25.7 Å². The van der Waals surface area contributed by atoms with Crippen LogP contribution in [0.4, 0.5) is 4.79 Å². The van der Waals surface area contributed by atoms with Crippen LogP contribution in [0.1, 0.15) is 32.1 Å². The summed E-state index contributed by atoms with van der Waals surface area (Å²) in [7, 11) is -0.916. The third kappa shape index (κ3) is 6.04. The number of amides is 2. The molecule has 0 aliphatic carbocycles. The van der Waals surface area contributed by atoms with E-state index in [-0.39, 0.29) is 18.5 Å². The Morgan fingerprint density at radius 1 is 1.42 bits per heavy atom. The summed E-state index contributed by atoms with van der Waals surface area (Å²) < 4.78 is 10.9. The number of rotatable bonds is 6. The van der Waals surface area contributed by atoms with Crippen LogP contribution in [-0.2, 0) is 15.6 Å². The average Bonchev–Trinajstić information content (AvgIpc) is 2.36. The van der Waals surface area contributed by atoms with Crippen molar-refractivity contribution in [3.05, 3.63) is 0 Å². The molecule has 0 radical (unpaired) electrons. The summed E-state index contributed by atoms with van der Waals surface area (Å²) >= 11 is 0. The van der Waals surface area contributed by atoms with Crippen molar-refractivity contribution in [2.75, 3.05) is 25.1 Å². The molecule has 0 spiro atoms. The minimum Gasteiger partial charge on any atom is -0.481 e. The van der Waals surface area contributed by atoms with Gasteiger partial charge in [0.25, 0.3) is 0 Å². The molecule has 2 amide bonds. The molecule has 0 aromatic rings. The molecule has 1 fully saturated rings. The maximum Gasteiger partial charge on any atom is 0.317 e. The Morgan fingerprint density at radius 2 is 2.16 bits per heavy atom. The molecule has 7 heteroatoms. The average molecular weight is 290 g/mol. The maximum absolute atomic E-state index is 12.0. The largest absolute Gasteiger partial charge is 0.481 e. The lowest BCUT2D eigenvalue weighted by Gasteiger charge is -2.35. The van der Waals surface area contributed by atoms with Crippen molar-refractivity contribution in [3.63, 3.8) is 0 Å². The van der Waals surface area contributed by atoms with Crippen LogP contribution in [0, 0.1) is 0 Å². The van der Waals surface area contributed by atoms with E-state index in [9.17, 15) is 13.8 Å². The van der Waals surface area contributed by atoms with Crippen molar-refractivity contribution in [2.45, 2.75) is 38.1 Å². The number of nitrogens with zero attached hydrogens (tertiary/aromatic N) is 1. The number of hydrogen-bond acceptors (Lipinski definition) is 3. The first-order chi connectivity index (χ1) is 9.00. The van der Waals surface area contributed by atoms with Gasteiger partial charge in [0.1, 0.15) is 0 Å². The van der Waals surface area contributed by atoms with Gasteiger partial charge in [-0.15, -0.1) is 0 Å². The van der Waals surface area contributed by atoms with Gasteiger partial charge in [0, 0.05) is 48.4 Å². The number of piperidine rings is 1. The Balaban J connectivity index is 2.43. The van der Waals surface area contributed by atoms with Crippen molar-refractivity contribution in [1.82, 2.24) is 10.2 Å². The smallest absolute Gasteiger partial charge is 0.317 e. The second-order valence-corrected chi connectivity index (χ2v) is 6.34. The number of hydrogen-bond donors (Lipinski definition) is 2. The van der Waals surface area contributed by atoms with Gasteiger partial charge in [0.2, 0.25) is 0 Å².